The summed E-state index contributed by atoms with van der Waals surface area (Å²) in [5.74, 6) is -1.33. The van der Waals surface area contributed by atoms with E-state index in [-0.39, 0.29) is 17.1 Å². The minimum atomic E-state index is -0.584. The predicted octanol–water partition coefficient (Wildman–Crippen LogP) is 4.01. The topological polar surface area (TPSA) is 46.6 Å². The van der Waals surface area contributed by atoms with Gasteiger partial charge in [0.25, 0.3) is 5.91 Å². The van der Waals surface area contributed by atoms with Gasteiger partial charge in [-0.05, 0) is 49.8 Å². The lowest BCUT2D eigenvalue weighted by Gasteiger charge is -2.17. The van der Waals surface area contributed by atoms with Crippen LogP contribution in [-0.2, 0) is 14.3 Å². The lowest BCUT2D eigenvalue weighted by atomic mass is 10.0. The van der Waals surface area contributed by atoms with Crippen molar-refractivity contribution < 1.29 is 18.7 Å². The Labute approximate surface area is 151 Å². The normalized spacial score (nSPS) is 15.8. The average Bonchev–Trinajstić information content (AvgIpc) is 2.86. The van der Waals surface area contributed by atoms with E-state index >= 15 is 0 Å². The number of halogens is 1. The lowest BCUT2D eigenvalue weighted by molar-refractivity contribution is -0.136. The first-order valence-electron chi connectivity index (χ1n) is 8.10. The molecule has 0 saturated carbocycles. The number of hydrogen-bond donors (Lipinski definition) is 0. The highest BCUT2D eigenvalue weighted by molar-refractivity contribution is 6.23. The molecule has 0 unspecified atom stereocenters. The van der Waals surface area contributed by atoms with E-state index in [0.29, 0.717) is 11.4 Å². The van der Waals surface area contributed by atoms with E-state index in [1.807, 2.05) is 31.2 Å². The Morgan fingerprint density at radius 3 is 2.42 bits per heavy atom. The maximum atomic E-state index is 13.2. The molecule has 2 aromatic rings. The van der Waals surface area contributed by atoms with Crippen molar-refractivity contribution in [3.63, 3.8) is 0 Å². The number of nitrogens with zero attached hydrogens (tertiary/aromatic N) is 1. The number of carbonyl (C=O) groups excluding carboxylic acids is 2. The van der Waals surface area contributed by atoms with Crippen molar-refractivity contribution in [3.05, 3.63) is 82.3 Å². The molecule has 1 aliphatic heterocycles. The number of amides is 1. The van der Waals surface area contributed by atoms with Gasteiger partial charge in [0, 0.05) is 11.4 Å². The van der Waals surface area contributed by atoms with Crippen LogP contribution in [0.5, 0.6) is 0 Å². The molecule has 0 aromatic heterocycles. The number of rotatable bonds is 3. The van der Waals surface area contributed by atoms with Gasteiger partial charge in [-0.15, -0.1) is 0 Å². The Balaban J connectivity index is 2.13. The van der Waals surface area contributed by atoms with Crippen molar-refractivity contribution in [2.24, 2.45) is 0 Å². The third kappa shape index (κ3) is 3.16. The van der Waals surface area contributed by atoms with Gasteiger partial charge in [-0.1, -0.05) is 29.8 Å². The van der Waals surface area contributed by atoms with Crippen LogP contribution in [0.15, 0.2) is 65.4 Å². The molecule has 0 bridgehead atoms. The van der Waals surface area contributed by atoms with Gasteiger partial charge in [0.05, 0.1) is 18.3 Å². The van der Waals surface area contributed by atoms with Crippen molar-refractivity contribution in [3.8, 4) is 0 Å². The van der Waals surface area contributed by atoms with Crippen molar-refractivity contribution in [2.45, 2.75) is 13.8 Å². The molecule has 132 valence electrons. The molecule has 4 nitrogen and oxygen atoms in total. The number of carbonyl (C=O) groups is 2. The van der Waals surface area contributed by atoms with Gasteiger partial charge in [-0.2, -0.15) is 0 Å². The van der Waals surface area contributed by atoms with Crippen molar-refractivity contribution in [1.29, 1.82) is 0 Å². The maximum absolute atomic E-state index is 13.2. The summed E-state index contributed by atoms with van der Waals surface area (Å²) in [5, 5.41) is 0. The molecule has 0 atom stereocenters. The number of methoxy groups -OCH3 is 1. The zero-order valence-electron chi connectivity index (χ0n) is 14.7. The third-order valence-electron chi connectivity index (χ3n) is 4.23. The van der Waals surface area contributed by atoms with Crippen LogP contribution >= 0.6 is 0 Å². The number of benzene rings is 2. The third-order valence-corrected chi connectivity index (χ3v) is 4.23. The van der Waals surface area contributed by atoms with Crippen LogP contribution in [0.2, 0.25) is 0 Å². The van der Waals surface area contributed by atoms with E-state index in [0.717, 1.165) is 11.1 Å². The molecule has 26 heavy (non-hydrogen) atoms. The van der Waals surface area contributed by atoms with Crippen LogP contribution in [-0.4, -0.2) is 19.0 Å². The Hall–Kier alpha value is -3.21. The fraction of sp³-hybridized carbons (Fsp3) is 0.143. The lowest BCUT2D eigenvalue weighted by Crippen LogP contribution is -2.24. The second-order valence-electron chi connectivity index (χ2n) is 6.04. The first kappa shape index (κ1) is 17.6. The number of hydrogen-bond acceptors (Lipinski definition) is 3. The number of anilines is 1. The molecule has 0 N–H and O–H groups in total. The minimum Gasteiger partial charge on any atom is -0.465 e. The van der Waals surface area contributed by atoms with E-state index in [2.05, 4.69) is 0 Å². The Kier molecular flexibility index (Phi) is 4.71. The monoisotopic (exact) mass is 351 g/mol. The molecule has 1 amide bonds. The van der Waals surface area contributed by atoms with E-state index in [4.69, 9.17) is 4.74 Å². The zero-order chi connectivity index (χ0) is 18.8. The van der Waals surface area contributed by atoms with E-state index in [1.54, 1.807) is 13.0 Å². The fourth-order valence-corrected chi connectivity index (χ4v) is 3.01. The molecule has 1 heterocycles. The van der Waals surface area contributed by atoms with Gasteiger partial charge in [0.2, 0.25) is 0 Å². The number of esters is 1. The van der Waals surface area contributed by atoms with Crippen LogP contribution in [0.3, 0.4) is 0 Å². The summed E-state index contributed by atoms with van der Waals surface area (Å²) >= 11 is 0. The van der Waals surface area contributed by atoms with Crippen molar-refractivity contribution in [2.75, 3.05) is 12.0 Å². The molecular formula is C21H18FNO3. The fourth-order valence-electron chi connectivity index (χ4n) is 3.01. The highest BCUT2D eigenvalue weighted by Gasteiger charge is 2.37. The zero-order valence-corrected chi connectivity index (χ0v) is 14.7. The first-order valence-corrected chi connectivity index (χ1v) is 8.10. The number of aryl methyl sites for hydroxylation is 1. The first-order chi connectivity index (χ1) is 12.4. The highest BCUT2D eigenvalue weighted by Crippen LogP contribution is 2.35. The molecule has 1 aliphatic rings. The summed E-state index contributed by atoms with van der Waals surface area (Å²) in [6.07, 6.45) is 1.68. The van der Waals surface area contributed by atoms with Crippen LogP contribution in [0.4, 0.5) is 10.1 Å². The quantitative estimate of drug-likeness (QED) is 0.620. The van der Waals surface area contributed by atoms with Gasteiger partial charge in [-0.25, -0.2) is 9.18 Å². The Morgan fingerprint density at radius 2 is 1.81 bits per heavy atom. The molecule has 0 spiro atoms. The minimum absolute atomic E-state index is 0.211. The molecule has 3 rings (SSSR count). The van der Waals surface area contributed by atoms with Crippen molar-refractivity contribution >= 4 is 23.6 Å². The SMILES string of the molecule is COC(=O)C1=C(C)N(c2ccc(F)cc2)C(=O)/C1=C\c1cccc(C)c1. The van der Waals surface area contributed by atoms with Gasteiger partial charge in [0.15, 0.2) is 0 Å². The summed E-state index contributed by atoms with van der Waals surface area (Å²) in [7, 11) is 1.28. The standard InChI is InChI=1S/C21H18FNO3/c1-13-5-4-6-15(11-13)12-18-19(21(25)26-3)14(2)23(20(18)24)17-9-7-16(22)8-10-17/h4-12H,1-3H3/b18-12-. The highest BCUT2D eigenvalue weighted by atomic mass is 19.1. The summed E-state index contributed by atoms with van der Waals surface area (Å²) in [6.45, 7) is 3.62. The molecule has 0 fully saturated rings. The van der Waals surface area contributed by atoms with Crippen molar-refractivity contribution in [1.82, 2.24) is 0 Å². The van der Waals surface area contributed by atoms with Gasteiger partial charge >= 0.3 is 5.97 Å². The summed E-state index contributed by atoms with van der Waals surface area (Å²) in [5.41, 5.74) is 3.26. The van der Waals surface area contributed by atoms with Crippen LogP contribution in [0.1, 0.15) is 18.1 Å². The second kappa shape index (κ2) is 6.96. The van der Waals surface area contributed by atoms with Crippen LogP contribution in [0.25, 0.3) is 6.08 Å². The molecular weight excluding hydrogens is 333 g/mol. The molecule has 0 saturated heterocycles. The Bertz CT molecular complexity index is 942. The molecule has 0 radical (unpaired) electrons. The Morgan fingerprint density at radius 1 is 1.12 bits per heavy atom. The number of ether oxygens (including phenoxy) is 1. The second-order valence-corrected chi connectivity index (χ2v) is 6.04. The molecule has 0 aliphatic carbocycles. The average molecular weight is 351 g/mol. The van der Waals surface area contributed by atoms with Crippen LogP contribution in [0, 0.1) is 12.7 Å². The van der Waals surface area contributed by atoms with Gasteiger partial charge in [-0.3, -0.25) is 9.69 Å². The largest absolute Gasteiger partial charge is 0.465 e. The smallest absolute Gasteiger partial charge is 0.340 e. The summed E-state index contributed by atoms with van der Waals surface area (Å²) < 4.78 is 18.1. The van der Waals surface area contributed by atoms with E-state index < -0.39 is 11.8 Å². The van der Waals surface area contributed by atoms with E-state index in [9.17, 15) is 14.0 Å². The summed E-state index contributed by atoms with van der Waals surface area (Å²) in [4.78, 5) is 26.7. The molecule has 5 heteroatoms. The van der Waals surface area contributed by atoms with Gasteiger partial charge < -0.3 is 4.74 Å². The van der Waals surface area contributed by atoms with E-state index in [1.165, 1.54) is 36.3 Å². The predicted molar refractivity (Wildman–Crippen MR) is 97.8 cm³/mol. The number of allylic oxidation sites excluding steroid dienone is 1. The maximum Gasteiger partial charge on any atom is 0.340 e. The van der Waals surface area contributed by atoms with Gasteiger partial charge in [0.1, 0.15) is 5.82 Å². The van der Waals surface area contributed by atoms with Crippen LogP contribution < -0.4 is 4.90 Å². The summed E-state index contributed by atoms with van der Waals surface area (Å²) in [6, 6.07) is 13.2. The molecule has 2 aromatic carbocycles.